The van der Waals surface area contributed by atoms with Crippen molar-refractivity contribution in [2.45, 2.75) is 16.5 Å². The van der Waals surface area contributed by atoms with Crippen molar-refractivity contribution in [2.75, 3.05) is 24.4 Å². The fraction of sp³-hybridized carbons (Fsp3) is 0.107. The van der Waals surface area contributed by atoms with Crippen molar-refractivity contribution in [3.05, 3.63) is 102 Å². The van der Waals surface area contributed by atoms with Crippen molar-refractivity contribution >= 4 is 35.0 Å². The van der Waals surface area contributed by atoms with Gasteiger partial charge in [0.2, 0.25) is 0 Å². The number of carbonyl (C=O) groups excluding carboxylic acids is 2. The number of hydrogen-bond donors (Lipinski definition) is 1. The second kappa shape index (κ2) is 10.1. The zero-order chi connectivity index (χ0) is 25.1. The van der Waals surface area contributed by atoms with Gasteiger partial charge in [0.1, 0.15) is 16.5 Å². The van der Waals surface area contributed by atoms with Crippen LogP contribution in [-0.4, -0.2) is 31.0 Å². The Kier molecular flexibility index (Phi) is 6.60. The van der Waals surface area contributed by atoms with E-state index in [1.807, 2.05) is 36.4 Å². The third kappa shape index (κ3) is 4.63. The van der Waals surface area contributed by atoms with Crippen molar-refractivity contribution < 1.29 is 19.1 Å². The smallest absolute Gasteiger partial charge is 0.259 e. The lowest BCUT2D eigenvalue weighted by Gasteiger charge is -2.22. The number of carbonyl (C=O) groups is 2. The van der Waals surface area contributed by atoms with Crippen LogP contribution in [0.15, 0.2) is 95.0 Å². The van der Waals surface area contributed by atoms with Gasteiger partial charge in [-0.2, -0.15) is 0 Å². The fourth-order valence-corrected chi connectivity index (χ4v) is 4.99. The van der Waals surface area contributed by atoms with Gasteiger partial charge in [-0.3, -0.25) is 9.59 Å². The summed E-state index contributed by atoms with van der Waals surface area (Å²) in [5.74, 6) is 0.536. The number of fused-ring (bicyclic) bond motifs is 2. The molecule has 2 heterocycles. The highest BCUT2D eigenvalue weighted by Gasteiger charge is 2.26. The highest BCUT2D eigenvalue weighted by molar-refractivity contribution is 7.99. The van der Waals surface area contributed by atoms with Crippen LogP contribution in [0.2, 0.25) is 0 Å². The van der Waals surface area contributed by atoms with E-state index in [2.05, 4.69) is 10.3 Å². The number of rotatable bonds is 5. The number of hydrogen-bond acceptors (Lipinski definition) is 6. The van der Waals surface area contributed by atoms with Crippen LogP contribution in [0, 0.1) is 0 Å². The number of nitrogens with one attached hydrogen (secondary N) is 1. The molecular weight excluding hydrogens is 474 g/mol. The molecule has 180 valence electrons. The molecule has 0 saturated heterocycles. The summed E-state index contributed by atoms with van der Waals surface area (Å²) in [5.41, 5.74) is 3.28. The average Bonchev–Trinajstić information content (AvgIpc) is 3.09. The lowest BCUT2D eigenvalue weighted by molar-refractivity contribution is 0.0983. The van der Waals surface area contributed by atoms with E-state index in [4.69, 9.17) is 9.47 Å². The maximum atomic E-state index is 13.6. The van der Waals surface area contributed by atoms with Gasteiger partial charge >= 0.3 is 0 Å². The van der Waals surface area contributed by atoms with E-state index in [0.717, 1.165) is 21.2 Å². The largest absolute Gasteiger partial charge is 0.497 e. The number of anilines is 2. The number of amides is 2. The highest BCUT2D eigenvalue weighted by Crippen LogP contribution is 2.40. The number of aromatic nitrogens is 1. The molecule has 0 bridgehead atoms. The van der Waals surface area contributed by atoms with Crippen molar-refractivity contribution in [1.29, 1.82) is 0 Å². The highest BCUT2D eigenvalue weighted by atomic mass is 32.2. The van der Waals surface area contributed by atoms with Gasteiger partial charge in [-0.05, 0) is 60.2 Å². The summed E-state index contributed by atoms with van der Waals surface area (Å²) in [6.45, 7) is 0.441. The molecule has 36 heavy (non-hydrogen) atoms. The predicted molar refractivity (Wildman–Crippen MR) is 139 cm³/mol. The van der Waals surface area contributed by atoms with Crippen LogP contribution in [0.3, 0.4) is 0 Å². The standard InChI is InChI=1S/C28H23N3O4S/c1-34-21-13-14-22(24(16-21)35-2)26(32)30-20-11-9-18(10-12-20)28(33)31-17-19-6-3-4-8-25(19)36-27-23(31)7-5-15-29-27/h3-16H,17H2,1-2H3,(H,30,32). The Morgan fingerprint density at radius 3 is 2.53 bits per heavy atom. The van der Waals surface area contributed by atoms with E-state index in [0.29, 0.717) is 34.9 Å². The molecule has 0 unspecified atom stereocenters. The molecule has 0 radical (unpaired) electrons. The summed E-state index contributed by atoms with van der Waals surface area (Å²) < 4.78 is 10.5. The molecule has 1 aliphatic rings. The van der Waals surface area contributed by atoms with Crippen LogP contribution in [0.25, 0.3) is 0 Å². The number of methoxy groups -OCH3 is 2. The zero-order valence-corrected chi connectivity index (χ0v) is 20.5. The number of pyridine rings is 1. The first-order valence-corrected chi connectivity index (χ1v) is 12.0. The van der Waals surface area contributed by atoms with E-state index in [-0.39, 0.29) is 11.8 Å². The van der Waals surface area contributed by atoms with Crippen LogP contribution >= 0.6 is 11.8 Å². The number of ether oxygens (including phenoxy) is 2. The topological polar surface area (TPSA) is 80.8 Å². The normalized spacial score (nSPS) is 12.1. The minimum atomic E-state index is -0.324. The third-order valence-corrected chi connectivity index (χ3v) is 6.96. The molecule has 5 rings (SSSR count). The summed E-state index contributed by atoms with van der Waals surface area (Å²) in [7, 11) is 3.05. The molecule has 1 aliphatic heterocycles. The van der Waals surface area contributed by atoms with Gasteiger partial charge in [0.05, 0.1) is 32.0 Å². The Bertz CT molecular complexity index is 1440. The summed E-state index contributed by atoms with van der Waals surface area (Å²) in [4.78, 5) is 33.8. The SMILES string of the molecule is COc1ccc(C(=O)Nc2ccc(C(=O)N3Cc4ccccc4Sc4ncccc43)cc2)c(OC)c1. The van der Waals surface area contributed by atoms with Gasteiger partial charge < -0.3 is 19.7 Å². The molecule has 1 N–H and O–H groups in total. The van der Waals surface area contributed by atoms with Crippen LogP contribution in [0.5, 0.6) is 11.5 Å². The Morgan fingerprint density at radius 2 is 1.75 bits per heavy atom. The van der Waals surface area contributed by atoms with Gasteiger partial charge in [0.15, 0.2) is 0 Å². The maximum Gasteiger partial charge on any atom is 0.259 e. The van der Waals surface area contributed by atoms with Crippen LogP contribution in [0.1, 0.15) is 26.3 Å². The molecule has 0 aliphatic carbocycles. The first-order chi connectivity index (χ1) is 17.6. The fourth-order valence-electron chi connectivity index (χ4n) is 3.98. The first-order valence-electron chi connectivity index (χ1n) is 11.2. The van der Waals surface area contributed by atoms with E-state index >= 15 is 0 Å². The predicted octanol–water partition coefficient (Wildman–Crippen LogP) is 5.66. The minimum Gasteiger partial charge on any atom is -0.497 e. The van der Waals surface area contributed by atoms with Gasteiger partial charge in [-0.15, -0.1) is 0 Å². The molecule has 8 heteroatoms. The second-order valence-electron chi connectivity index (χ2n) is 8.03. The molecular formula is C28H23N3O4S. The molecule has 1 aromatic heterocycles. The van der Waals surface area contributed by atoms with E-state index in [9.17, 15) is 9.59 Å². The second-order valence-corrected chi connectivity index (χ2v) is 9.06. The Hall–Kier alpha value is -4.30. The van der Waals surface area contributed by atoms with Gasteiger partial charge in [-0.1, -0.05) is 30.0 Å². The van der Waals surface area contributed by atoms with Crippen LogP contribution in [0.4, 0.5) is 11.4 Å². The molecule has 2 amide bonds. The molecule has 3 aromatic carbocycles. The van der Waals surface area contributed by atoms with E-state index < -0.39 is 0 Å². The van der Waals surface area contributed by atoms with Gasteiger partial charge in [0.25, 0.3) is 11.8 Å². The third-order valence-electron chi connectivity index (χ3n) is 5.84. The zero-order valence-electron chi connectivity index (χ0n) is 19.7. The summed E-state index contributed by atoms with van der Waals surface area (Å²) in [6, 6.07) is 23.6. The van der Waals surface area contributed by atoms with Crippen molar-refractivity contribution in [3.63, 3.8) is 0 Å². The number of benzene rings is 3. The molecule has 0 atom stereocenters. The molecule has 0 saturated carbocycles. The van der Waals surface area contributed by atoms with Crippen molar-refractivity contribution in [3.8, 4) is 11.5 Å². The lowest BCUT2D eigenvalue weighted by Crippen LogP contribution is -2.30. The summed E-state index contributed by atoms with van der Waals surface area (Å²) in [6.07, 6.45) is 1.73. The summed E-state index contributed by atoms with van der Waals surface area (Å²) in [5, 5.41) is 3.64. The lowest BCUT2D eigenvalue weighted by atomic mass is 10.1. The molecule has 0 fully saturated rings. The molecule has 7 nitrogen and oxygen atoms in total. The number of nitrogens with zero attached hydrogens (tertiary/aromatic N) is 2. The Balaban J connectivity index is 1.38. The molecule has 4 aromatic rings. The maximum absolute atomic E-state index is 13.6. The first kappa shape index (κ1) is 23.4. The van der Waals surface area contributed by atoms with E-state index in [1.165, 1.54) is 7.11 Å². The van der Waals surface area contributed by atoms with Gasteiger partial charge in [-0.25, -0.2) is 4.98 Å². The minimum absolute atomic E-state index is 0.142. The quantitative estimate of drug-likeness (QED) is 0.383. The van der Waals surface area contributed by atoms with Crippen molar-refractivity contribution in [2.24, 2.45) is 0 Å². The van der Waals surface area contributed by atoms with Crippen LogP contribution < -0.4 is 19.7 Å². The molecule has 0 spiro atoms. The average molecular weight is 498 g/mol. The summed E-state index contributed by atoms with van der Waals surface area (Å²) >= 11 is 1.56. The Morgan fingerprint density at radius 1 is 0.944 bits per heavy atom. The monoisotopic (exact) mass is 497 g/mol. The van der Waals surface area contributed by atoms with E-state index in [1.54, 1.807) is 72.4 Å². The Labute approximate surface area is 213 Å². The van der Waals surface area contributed by atoms with Crippen molar-refractivity contribution in [1.82, 2.24) is 4.98 Å². The van der Waals surface area contributed by atoms with Crippen LogP contribution in [-0.2, 0) is 6.54 Å². The van der Waals surface area contributed by atoms with Gasteiger partial charge in [0, 0.05) is 28.4 Å².